The zero-order valence-corrected chi connectivity index (χ0v) is 8.47. The summed E-state index contributed by atoms with van der Waals surface area (Å²) in [5.41, 5.74) is 5.33. The molecule has 0 aromatic carbocycles. The van der Waals surface area contributed by atoms with Crippen LogP contribution in [0.1, 0.15) is 33.1 Å². The minimum absolute atomic E-state index is 0.299. The van der Waals surface area contributed by atoms with E-state index in [1.54, 1.807) is 0 Å². The van der Waals surface area contributed by atoms with E-state index in [4.69, 9.17) is 10.5 Å². The largest absolute Gasteiger partial charge is 0.385 e. The lowest BCUT2D eigenvalue weighted by Crippen LogP contribution is -2.70. The highest BCUT2D eigenvalue weighted by atomic mass is 16.5. The van der Waals surface area contributed by atoms with Gasteiger partial charge in [0.05, 0.1) is 6.61 Å². The van der Waals surface area contributed by atoms with E-state index in [1.807, 2.05) is 0 Å². The number of rotatable bonds is 1. The van der Waals surface area contributed by atoms with Gasteiger partial charge in [0, 0.05) is 18.6 Å². The first-order valence-electron chi connectivity index (χ1n) is 4.96. The number of aliphatic hydroxyl groups is 1. The van der Waals surface area contributed by atoms with E-state index in [-0.39, 0.29) is 0 Å². The monoisotopic (exact) mass is 185 g/mol. The van der Waals surface area contributed by atoms with Crippen molar-refractivity contribution in [2.75, 3.05) is 13.2 Å². The molecule has 0 amide bonds. The van der Waals surface area contributed by atoms with Crippen LogP contribution < -0.4 is 5.73 Å². The SMILES string of the molecule is CC1(C)CC(N)(C2(O)CCOC2)C1. The lowest BCUT2D eigenvalue weighted by Gasteiger charge is -2.57. The second-order valence-electron chi connectivity index (χ2n) is 5.51. The standard InChI is InChI=1S/C10H19NO2/c1-8(2)5-9(11,6-8)10(12)3-4-13-7-10/h12H,3-7,11H2,1-2H3. The smallest absolute Gasteiger partial charge is 0.108 e. The molecule has 0 aromatic rings. The molecule has 3 nitrogen and oxygen atoms in total. The molecule has 3 N–H and O–H groups in total. The Labute approximate surface area is 79.3 Å². The minimum Gasteiger partial charge on any atom is -0.385 e. The Kier molecular flexibility index (Phi) is 1.79. The topological polar surface area (TPSA) is 55.5 Å². The summed E-state index contributed by atoms with van der Waals surface area (Å²) in [4.78, 5) is 0. The maximum absolute atomic E-state index is 10.3. The summed E-state index contributed by atoms with van der Waals surface area (Å²) in [5.74, 6) is 0. The van der Waals surface area contributed by atoms with Crippen molar-refractivity contribution in [3.63, 3.8) is 0 Å². The van der Waals surface area contributed by atoms with E-state index >= 15 is 0 Å². The average Bonchev–Trinajstić information content (AvgIpc) is 2.32. The number of hydrogen-bond donors (Lipinski definition) is 2. The molecule has 2 rings (SSSR count). The molecule has 76 valence electrons. The molecule has 1 aliphatic carbocycles. The zero-order valence-electron chi connectivity index (χ0n) is 8.47. The summed E-state index contributed by atoms with van der Waals surface area (Å²) < 4.78 is 5.22. The van der Waals surface area contributed by atoms with E-state index in [9.17, 15) is 5.11 Å². The number of ether oxygens (including phenoxy) is 1. The van der Waals surface area contributed by atoms with E-state index in [0.29, 0.717) is 25.0 Å². The van der Waals surface area contributed by atoms with Crippen LogP contribution in [0.25, 0.3) is 0 Å². The summed E-state index contributed by atoms with van der Waals surface area (Å²) in [5, 5.41) is 10.3. The van der Waals surface area contributed by atoms with Gasteiger partial charge >= 0.3 is 0 Å². The molecule has 2 aliphatic rings. The number of hydrogen-bond acceptors (Lipinski definition) is 3. The van der Waals surface area contributed by atoms with Crippen molar-refractivity contribution in [3.05, 3.63) is 0 Å². The fraction of sp³-hybridized carbons (Fsp3) is 1.00. The van der Waals surface area contributed by atoms with Crippen LogP contribution in [0.2, 0.25) is 0 Å². The second-order valence-corrected chi connectivity index (χ2v) is 5.51. The van der Waals surface area contributed by atoms with Crippen LogP contribution in [0.4, 0.5) is 0 Å². The highest BCUT2D eigenvalue weighted by Crippen LogP contribution is 2.53. The van der Waals surface area contributed by atoms with Gasteiger partial charge in [-0.3, -0.25) is 0 Å². The van der Waals surface area contributed by atoms with Crippen LogP contribution in [-0.2, 0) is 4.74 Å². The van der Waals surface area contributed by atoms with Crippen LogP contribution in [0, 0.1) is 5.41 Å². The Morgan fingerprint density at radius 3 is 2.31 bits per heavy atom. The van der Waals surface area contributed by atoms with Crippen molar-refractivity contribution in [3.8, 4) is 0 Å². The lowest BCUT2D eigenvalue weighted by molar-refractivity contribution is -0.116. The molecule has 1 saturated carbocycles. The van der Waals surface area contributed by atoms with E-state index in [2.05, 4.69) is 13.8 Å². The van der Waals surface area contributed by atoms with Gasteiger partial charge in [-0.25, -0.2) is 0 Å². The quantitative estimate of drug-likeness (QED) is 0.631. The van der Waals surface area contributed by atoms with Crippen molar-refractivity contribution >= 4 is 0 Å². The highest BCUT2D eigenvalue weighted by molar-refractivity contribution is 5.15. The van der Waals surface area contributed by atoms with E-state index in [0.717, 1.165) is 12.8 Å². The molecule has 1 unspecified atom stereocenters. The van der Waals surface area contributed by atoms with Crippen molar-refractivity contribution in [1.82, 2.24) is 0 Å². The van der Waals surface area contributed by atoms with Gasteiger partial charge in [0.15, 0.2) is 0 Å². The third-order valence-electron chi connectivity index (χ3n) is 3.52. The molecule has 0 spiro atoms. The minimum atomic E-state index is -0.761. The molecule has 3 heteroatoms. The summed E-state index contributed by atoms with van der Waals surface area (Å²) in [6.45, 7) is 5.45. The van der Waals surface area contributed by atoms with Crippen LogP contribution in [0.3, 0.4) is 0 Å². The fourth-order valence-electron chi connectivity index (χ4n) is 2.93. The van der Waals surface area contributed by atoms with Gasteiger partial charge in [-0.05, 0) is 18.3 Å². The first kappa shape index (κ1) is 9.44. The first-order chi connectivity index (χ1) is 5.87. The maximum Gasteiger partial charge on any atom is 0.108 e. The van der Waals surface area contributed by atoms with Crippen molar-refractivity contribution < 1.29 is 9.84 Å². The van der Waals surface area contributed by atoms with Gasteiger partial charge < -0.3 is 15.6 Å². The van der Waals surface area contributed by atoms with Gasteiger partial charge in [-0.1, -0.05) is 13.8 Å². The molecule has 1 saturated heterocycles. The van der Waals surface area contributed by atoms with Gasteiger partial charge in [0.25, 0.3) is 0 Å². The molecule has 1 heterocycles. The Morgan fingerprint density at radius 1 is 1.31 bits per heavy atom. The fourth-order valence-corrected chi connectivity index (χ4v) is 2.93. The second kappa shape index (κ2) is 2.47. The lowest BCUT2D eigenvalue weighted by atomic mass is 9.53. The molecule has 0 bridgehead atoms. The average molecular weight is 185 g/mol. The van der Waals surface area contributed by atoms with Gasteiger partial charge in [0.2, 0.25) is 0 Å². The summed E-state index contributed by atoms with van der Waals surface area (Å²) in [6.07, 6.45) is 2.50. The van der Waals surface area contributed by atoms with Crippen LogP contribution in [0.5, 0.6) is 0 Å². The summed E-state index contributed by atoms with van der Waals surface area (Å²) in [6, 6.07) is 0. The van der Waals surface area contributed by atoms with Crippen molar-refractivity contribution in [2.24, 2.45) is 11.1 Å². The van der Waals surface area contributed by atoms with Crippen molar-refractivity contribution in [1.29, 1.82) is 0 Å². The Balaban J connectivity index is 2.09. The van der Waals surface area contributed by atoms with Gasteiger partial charge in [-0.2, -0.15) is 0 Å². The van der Waals surface area contributed by atoms with Crippen LogP contribution >= 0.6 is 0 Å². The third kappa shape index (κ3) is 1.30. The Morgan fingerprint density at radius 2 is 1.92 bits per heavy atom. The molecular weight excluding hydrogens is 166 g/mol. The third-order valence-corrected chi connectivity index (χ3v) is 3.52. The molecule has 1 aliphatic heterocycles. The summed E-state index contributed by atoms with van der Waals surface area (Å²) >= 11 is 0. The number of nitrogens with two attached hydrogens (primary N) is 1. The Hall–Kier alpha value is -0.120. The molecule has 1 atom stereocenters. The van der Waals surface area contributed by atoms with E-state index in [1.165, 1.54) is 0 Å². The maximum atomic E-state index is 10.3. The molecule has 0 radical (unpaired) electrons. The summed E-state index contributed by atoms with van der Waals surface area (Å²) in [7, 11) is 0. The van der Waals surface area contributed by atoms with Crippen LogP contribution in [0.15, 0.2) is 0 Å². The van der Waals surface area contributed by atoms with Gasteiger partial charge in [0.1, 0.15) is 5.60 Å². The highest BCUT2D eigenvalue weighted by Gasteiger charge is 2.59. The van der Waals surface area contributed by atoms with E-state index < -0.39 is 11.1 Å². The molecule has 0 aromatic heterocycles. The zero-order chi connectivity index (χ0) is 9.74. The predicted octanol–water partition coefficient (Wildman–Crippen LogP) is 0.655. The first-order valence-corrected chi connectivity index (χ1v) is 4.96. The molecule has 2 fully saturated rings. The Bertz CT molecular complexity index is 211. The van der Waals surface area contributed by atoms with Crippen molar-refractivity contribution in [2.45, 2.75) is 44.2 Å². The van der Waals surface area contributed by atoms with Crippen LogP contribution in [-0.4, -0.2) is 29.5 Å². The normalized spacial score (nSPS) is 41.5. The predicted molar refractivity (Wildman–Crippen MR) is 50.3 cm³/mol. The molecular formula is C10H19NO2. The van der Waals surface area contributed by atoms with Gasteiger partial charge in [-0.15, -0.1) is 0 Å². The molecule has 13 heavy (non-hydrogen) atoms.